The van der Waals surface area contributed by atoms with Gasteiger partial charge in [-0.2, -0.15) is 9.37 Å². The van der Waals surface area contributed by atoms with Crippen molar-refractivity contribution >= 4 is 34.9 Å². The molecule has 5 nitrogen and oxygen atoms in total. The largest absolute Gasteiger partial charge is 0.364 e. The van der Waals surface area contributed by atoms with Crippen LogP contribution in [0.15, 0.2) is 0 Å². The van der Waals surface area contributed by atoms with Crippen molar-refractivity contribution in [2.45, 2.75) is 25.3 Å². The monoisotopic (exact) mass is 306 g/mol. The maximum Gasteiger partial charge on any atom is 0.225 e. The van der Waals surface area contributed by atoms with Crippen molar-refractivity contribution in [1.82, 2.24) is 15.3 Å². The Balaban J connectivity index is 2.19. The lowest BCUT2D eigenvalue weighted by atomic mass is 10.0. The fourth-order valence-electron chi connectivity index (χ4n) is 2.30. The Labute approximate surface area is 119 Å². The number of anilines is 1. The standard InChI is InChI=1S/C11H13Cl2FN4O/c1-15-10(19)5-3-2-4-6(5)16-9-7(14)8(12)17-11(13)18-9/h5-6H,2-4H2,1H3,(H,15,19)(H,16,17,18)/t5-,6-/m1/s1. The zero-order valence-corrected chi connectivity index (χ0v) is 11.7. The third-order valence-electron chi connectivity index (χ3n) is 3.20. The molecule has 0 radical (unpaired) electrons. The van der Waals surface area contributed by atoms with Crippen molar-refractivity contribution in [1.29, 1.82) is 0 Å². The van der Waals surface area contributed by atoms with Gasteiger partial charge in [0.25, 0.3) is 0 Å². The molecule has 8 heteroatoms. The number of hydrogen-bond acceptors (Lipinski definition) is 4. The van der Waals surface area contributed by atoms with Crippen molar-refractivity contribution in [2.75, 3.05) is 12.4 Å². The molecule has 104 valence electrons. The molecule has 1 fully saturated rings. The van der Waals surface area contributed by atoms with E-state index in [0.717, 1.165) is 19.3 Å². The molecule has 1 aromatic rings. The van der Waals surface area contributed by atoms with Gasteiger partial charge in [-0.25, -0.2) is 4.98 Å². The molecule has 2 atom stereocenters. The lowest BCUT2D eigenvalue weighted by Gasteiger charge is -2.20. The highest BCUT2D eigenvalue weighted by molar-refractivity contribution is 6.32. The molecular weight excluding hydrogens is 294 g/mol. The normalized spacial score (nSPS) is 22.3. The van der Waals surface area contributed by atoms with Gasteiger partial charge in [-0.05, 0) is 24.4 Å². The van der Waals surface area contributed by atoms with Crippen LogP contribution in [0.3, 0.4) is 0 Å². The van der Waals surface area contributed by atoms with E-state index in [9.17, 15) is 9.18 Å². The number of nitrogens with zero attached hydrogens (tertiary/aromatic N) is 2. The van der Waals surface area contributed by atoms with Crippen LogP contribution in [0.1, 0.15) is 19.3 Å². The summed E-state index contributed by atoms with van der Waals surface area (Å²) in [4.78, 5) is 19.0. The van der Waals surface area contributed by atoms with Crippen LogP contribution in [-0.2, 0) is 4.79 Å². The third kappa shape index (κ3) is 3.06. The average molecular weight is 307 g/mol. The second-order valence-corrected chi connectivity index (χ2v) is 5.04. The molecule has 1 aliphatic rings. The Morgan fingerprint density at radius 3 is 2.79 bits per heavy atom. The second-order valence-electron chi connectivity index (χ2n) is 4.35. The Hall–Kier alpha value is -1.14. The molecule has 2 N–H and O–H groups in total. The first-order chi connectivity index (χ1) is 9.02. The van der Waals surface area contributed by atoms with Gasteiger partial charge in [0.2, 0.25) is 17.0 Å². The summed E-state index contributed by atoms with van der Waals surface area (Å²) >= 11 is 11.2. The molecule has 19 heavy (non-hydrogen) atoms. The van der Waals surface area contributed by atoms with Gasteiger partial charge >= 0.3 is 0 Å². The smallest absolute Gasteiger partial charge is 0.225 e. The van der Waals surface area contributed by atoms with E-state index in [1.807, 2.05) is 0 Å². The number of hydrogen-bond donors (Lipinski definition) is 2. The van der Waals surface area contributed by atoms with E-state index in [1.54, 1.807) is 7.05 Å². The topological polar surface area (TPSA) is 66.9 Å². The van der Waals surface area contributed by atoms with E-state index >= 15 is 0 Å². The van der Waals surface area contributed by atoms with E-state index in [2.05, 4.69) is 20.6 Å². The highest BCUT2D eigenvalue weighted by Gasteiger charge is 2.33. The highest BCUT2D eigenvalue weighted by atomic mass is 35.5. The minimum absolute atomic E-state index is 0.0641. The van der Waals surface area contributed by atoms with Crippen LogP contribution in [0.25, 0.3) is 0 Å². The predicted molar refractivity (Wildman–Crippen MR) is 70.8 cm³/mol. The van der Waals surface area contributed by atoms with Crippen molar-refractivity contribution in [3.05, 3.63) is 16.3 Å². The number of amides is 1. The minimum atomic E-state index is -0.756. The fourth-order valence-corrected chi connectivity index (χ4v) is 2.68. The van der Waals surface area contributed by atoms with E-state index < -0.39 is 5.82 Å². The molecule has 0 unspecified atom stereocenters. The van der Waals surface area contributed by atoms with Crippen LogP contribution in [-0.4, -0.2) is 29.0 Å². The number of carbonyl (C=O) groups is 1. The van der Waals surface area contributed by atoms with Gasteiger partial charge in [-0.15, -0.1) is 0 Å². The van der Waals surface area contributed by atoms with Crippen LogP contribution in [0, 0.1) is 11.7 Å². The van der Waals surface area contributed by atoms with Gasteiger partial charge in [0.05, 0.1) is 5.92 Å². The summed E-state index contributed by atoms with van der Waals surface area (Å²) in [6.07, 6.45) is 2.41. The number of aromatic nitrogens is 2. The SMILES string of the molecule is CNC(=O)[C@@H]1CCC[C@H]1Nc1nc(Cl)nc(Cl)c1F. The summed E-state index contributed by atoms with van der Waals surface area (Å²) < 4.78 is 13.8. The number of carbonyl (C=O) groups excluding carboxylic acids is 1. The molecule has 1 aliphatic carbocycles. The zero-order chi connectivity index (χ0) is 14.0. The lowest BCUT2D eigenvalue weighted by molar-refractivity contribution is -0.124. The Kier molecular flexibility index (Phi) is 4.42. The summed E-state index contributed by atoms with van der Waals surface area (Å²) in [5, 5.41) is 5.03. The number of rotatable bonds is 3. The maximum absolute atomic E-state index is 13.8. The van der Waals surface area contributed by atoms with E-state index in [-0.39, 0.29) is 34.1 Å². The van der Waals surface area contributed by atoms with E-state index in [0.29, 0.717) is 0 Å². The zero-order valence-electron chi connectivity index (χ0n) is 10.2. The highest BCUT2D eigenvalue weighted by Crippen LogP contribution is 2.30. The molecule has 2 rings (SSSR count). The van der Waals surface area contributed by atoms with Crippen LogP contribution >= 0.6 is 23.2 Å². The van der Waals surface area contributed by atoms with Crippen molar-refractivity contribution in [3.8, 4) is 0 Å². The first-order valence-corrected chi connectivity index (χ1v) is 6.65. The van der Waals surface area contributed by atoms with Gasteiger partial charge in [-0.1, -0.05) is 18.0 Å². The molecule has 0 aliphatic heterocycles. The summed E-state index contributed by atoms with van der Waals surface area (Å²) in [6, 6.07) is -0.184. The molecule has 1 heterocycles. The first kappa shape index (κ1) is 14.3. The maximum atomic E-state index is 13.8. The summed E-state index contributed by atoms with van der Waals surface area (Å²) in [5.41, 5.74) is 0. The van der Waals surface area contributed by atoms with Gasteiger partial charge in [0.15, 0.2) is 11.0 Å². The second kappa shape index (κ2) is 5.88. The van der Waals surface area contributed by atoms with Crippen LogP contribution in [0.5, 0.6) is 0 Å². The first-order valence-electron chi connectivity index (χ1n) is 5.89. The van der Waals surface area contributed by atoms with E-state index in [4.69, 9.17) is 23.2 Å². The molecule has 0 saturated heterocycles. The lowest BCUT2D eigenvalue weighted by Crippen LogP contribution is -2.36. The quantitative estimate of drug-likeness (QED) is 0.664. The molecule has 0 bridgehead atoms. The van der Waals surface area contributed by atoms with Gasteiger partial charge in [-0.3, -0.25) is 4.79 Å². The molecule has 1 aromatic heterocycles. The molecule has 1 saturated carbocycles. The van der Waals surface area contributed by atoms with Crippen molar-refractivity contribution < 1.29 is 9.18 Å². The third-order valence-corrected chi connectivity index (χ3v) is 3.62. The summed E-state index contributed by atoms with van der Waals surface area (Å²) in [6.45, 7) is 0. The van der Waals surface area contributed by atoms with Gasteiger partial charge in [0, 0.05) is 13.1 Å². The fraction of sp³-hybridized carbons (Fsp3) is 0.545. The molecule has 0 aromatic carbocycles. The Bertz CT molecular complexity index is 500. The Morgan fingerprint density at radius 2 is 2.11 bits per heavy atom. The van der Waals surface area contributed by atoms with E-state index in [1.165, 1.54) is 0 Å². The average Bonchev–Trinajstić information content (AvgIpc) is 2.82. The van der Waals surface area contributed by atoms with Gasteiger partial charge < -0.3 is 10.6 Å². The molecule has 0 spiro atoms. The predicted octanol–water partition coefficient (Wildman–Crippen LogP) is 2.25. The summed E-state index contributed by atoms with van der Waals surface area (Å²) in [7, 11) is 1.58. The van der Waals surface area contributed by atoms with Crippen molar-refractivity contribution in [2.24, 2.45) is 5.92 Å². The number of nitrogens with one attached hydrogen (secondary N) is 2. The van der Waals surface area contributed by atoms with Gasteiger partial charge in [0.1, 0.15) is 0 Å². The van der Waals surface area contributed by atoms with Crippen LogP contribution in [0.2, 0.25) is 10.4 Å². The molecule has 1 amide bonds. The molecular formula is C11H13Cl2FN4O. The van der Waals surface area contributed by atoms with Crippen molar-refractivity contribution in [3.63, 3.8) is 0 Å². The van der Waals surface area contributed by atoms with Crippen LogP contribution < -0.4 is 10.6 Å². The van der Waals surface area contributed by atoms with Crippen LogP contribution in [0.4, 0.5) is 10.2 Å². The number of halogens is 3. The Morgan fingerprint density at radius 1 is 1.37 bits per heavy atom. The minimum Gasteiger partial charge on any atom is -0.364 e. The summed E-state index contributed by atoms with van der Waals surface area (Å²) in [5.74, 6) is -1.10.